The molecule has 3 heterocycles. The van der Waals surface area contributed by atoms with E-state index in [0.717, 1.165) is 97.9 Å². The fraction of sp³-hybridized carbons (Fsp3) is 0.500. The largest absolute Gasteiger partial charge is 0.490 e. The Morgan fingerprint density at radius 2 is 1.56 bits per heavy atom. The molecule has 0 unspecified atom stereocenters. The molecule has 2 aromatic rings. The average Bonchev–Trinajstić information content (AvgIpc) is 2.96. The van der Waals surface area contributed by atoms with Gasteiger partial charge in [0.2, 0.25) is 0 Å². The van der Waals surface area contributed by atoms with Crippen LogP contribution in [0.25, 0.3) is 6.08 Å². The fourth-order valence-electron chi connectivity index (χ4n) is 5.67. The molecule has 1 amide bonds. The van der Waals surface area contributed by atoms with Crippen LogP contribution in [0.1, 0.15) is 66.6 Å². The Morgan fingerprint density at radius 1 is 0.951 bits per heavy atom. The number of hydrogen-bond donors (Lipinski definition) is 1. The van der Waals surface area contributed by atoms with E-state index in [1.54, 1.807) is 0 Å². The van der Waals surface area contributed by atoms with Gasteiger partial charge in [-0.1, -0.05) is 11.6 Å². The minimum absolute atomic E-state index is 0.147. The van der Waals surface area contributed by atoms with Crippen LogP contribution in [0, 0.1) is 6.92 Å². The standard InChI is InChI=1S/C34H45N3O4/c1-23(2)6-7-25-20-27(9-11-32(25)41-30-14-18-37(5)19-15-30)34(38)35-28-21-26-8-10-31(24(3)33(26)39-22-28)40-29-12-16-36(4)17-13-29/h6,8-11,20-21,29-30H,7,12-19,22H2,1-5H3,(H,35,38). The second-order valence-corrected chi connectivity index (χ2v) is 12.1. The summed E-state index contributed by atoms with van der Waals surface area (Å²) in [7, 11) is 4.31. The molecule has 7 nitrogen and oxygen atoms in total. The number of carbonyl (C=O) groups is 1. The molecule has 0 bridgehead atoms. The summed E-state index contributed by atoms with van der Waals surface area (Å²) in [6.07, 6.45) is 9.45. The molecule has 1 N–H and O–H groups in total. The van der Waals surface area contributed by atoms with E-state index in [1.165, 1.54) is 5.57 Å². The number of benzene rings is 2. The smallest absolute Gasteiger partial charge is 0.255 e. The van der Waals surface area contributed by atoms with Crippen LogP contribution < -0.4 is 19.5 Å². The zero-order chi connectivity index (χ0) is 28.9. The van der Waals surface area contributed by atoms with Crippen molar-refractivity contribution in [2.75, 3.05) is 46.9 Å². The molecule has 0 aliphatic carbocycles. The lowest BCUT2D eigenvalue weighted by atomic mass is 10.0. The Kier molecular flexibility index (Phi) is 9.35. The third-order valence-electron chi connectivity index (χ3n) is 8.33. The van der Waals surface area contributed by atoms with Crippen molar-refractivity contribution >= 4 is 12.0 Å². The maximum absolute atomic E-state index is 13.3. The normalized spacial score (nSPS) is 18.6. The van der Waals surface area contributed by atoms with Crippen LogP contribution in [0.5, 0.6) is 17.2 Å². The van der Waals surface area contributed by atoms with Crippen LogP contribution >= 0.6 is 0 Å². The number of carbonyl (C=O) groups excluding carboxylic acids is 1. The second-order valence-electron chi connectivity index (χ2n) is 12.1. The van der Waals surface area contributed by atoms with Gasteiger partial charge in [-0.25, -0.2) is 0 Å². The van der Waals surface area contributed by atoms with E-state index in [2.05, 4.69) is 49.1 Å². The number of nitrogens with one attached hydrogen (secondary N) is 1. The van der Waals surface area contributed by atoms with Crippen molar-refractivity contribution in [3.05, 3.63) is 69.9 Å². The summed E-state index contributed by atoms with van der Waals surface area (Å²) < 4.78 is 18.9. The summed E-state index contributed by atoms with van der Waals surface area (Å²) in [5, 5.41) is 3.08. The van der Waals surface area contributed by atoms with E-state index in [9.17, 15) is 4.79 Å². The minimum atomic E-state index is -0.147. The number of nitrogens with zero attached hydrogens (tertiary/aromatic N) is 2. The maximum atomic E-state index is 13.3. The van der Waals surface area contributed by atoms with Crippen LogP contribution in [0.2, 0.25) is 0 Å². The van der Waals surface area contributed by atoms with Gasteiger partial charge < -0.3 is 29.3 Å². The van der Waals surface area contributed by atoms with E-state index in [0.29, 0.717) is 12.2 Å². The van der Waals surface area contributed by atoms with Gasteiger partial charge in [0.15, 0.2) is 0 Å². The van der Waals surface area contributed by atoms with Crippen molar-refractivity contribution in [2.45, 2.75) is 65.1 Å². The third kappa shape index (κ3) is 7.52. The van der Waals surface area contributed by atoms with E-state index in [4.69, 9.17) is 14.2 Å². The number of ether oxygens (including phenoxy) is 3. The molecular formula is C34H45N3O4. The van der Waals surface area contributed by atoms with Crippen LogP contribution in [0.4, 0.5) is 0 Å². The molecule has 2 saturated heterocycles. The van der Waals surface area contributed by atoms with Gasteiger partial charge in [0.25, 0.3) is 5.91 Å². The van der Waals surface area contributed by atoms with Gasteiger partial charge in [-0.05, 0) is 109 Å². The molecule has 5 rings (SSSR count). The lowest BCUT2D eigenvalue weighted by Gasteiger charge is -2.30. The van der Waals surface area contributed by atoms with Gasteiger partial charge in [-0.15, -0.1) is 0 Å². The summed E-state index contributed by atoms with van der Waals surface area (Å²) in [5.74, 6) is 2.43. The summed E-state index contributed by atoms with van der Waals surface area (Å²) >= 11 is 0. The molecule has 7 heteroatoms. The molecule has 0 saturated carbocycles. The molecule has 2 aromatic carbocycles. The zero-order valence-corrected chi connectivity index (χ0v) is 25.3. The topological polar surface area (TPSA) is 63.3 Å². The lowest BCUT2D eigenvalue weighted by molar-refractivity contribution is 0.0960. The first-order valence-corrected chi connectivity index (χ1v) is 15.0. The lowest BCUT2D eigenvalue weighted by Crippen LogP contribution is -2.35. The summed E-state index contributed by atoms with van der Waals surface area (Å²) in [6.45, 7) is 10.7. The van der Waals surface area contributed by atoms with Crippen molar-refractivity contribution in [3.8, 4) is 17.2 Å². The van der Waals surface area contributed by atoms with E-state index >= 15 is 0 Å². The van der Waals surface area contributed by atoms with E-state index in [1.807, 2.05) is 43.3 Å². The molecule has 3 aliphatic heterocycles. The number of likely N-dealkylation sites (tertiary alicyclic amines) is 2. The van der Waals surface area contributed by atoms with Gasteiger partial charge in [-0.3, -0.25) is 4.79 Å². The Bertz CT molecular complexity index is 1300. The van der Waals surface area contributed by atoms with Gasteiger partial charge in [0, 0.05) is 42.9 Å². The Morgan fingerprint density at radius 3 is 2.20 bits per heavy atom. The Hall–Kier alpha value is -3.29. The first kappa shape index (κ1) is 29.2. The number of rotatable bonds is 8. The highest BCUT2D eigenvalue weighted by Crippen LogP contribution is 2.36. The third-order valence-corrected chi connectivity index (χ3v) is 8.33. The highest BCUT2D eigenvalue weighted by Gasteiger charge is 2.23. The molecule has 0 spiro atoms. The van der Waals surface area contributed by atoms with Crippen molar-refractivity contribution in [2.24, 2.45) is 0 Å². The van der Waals surface area contributed by atoms with Crippen molar-refractivity contribution in [3.63, 3.8) is 0 Å². The molecule has 0 atom stereocenters. The van der Waals surface area contributed by atoms with Gasteiger partial charge in [0.1, 0.15) is 36.1 Å². The number of amides is 1. The number of piperidine rings is 2. The fourth-order valence-corrected chi connectivity index (χ4v) is 5.67. The molecule has 0 aromatic heterocycles. The Labute approximate surface area is 245 Å². The summed E-state index contributed by atoms with van der Waals surface area (Å²) in [6, 6.07) is 9.83. The predicted octanol–water partition coefficient (Wildman–Crippen LogP) is 5.61. The monoisotopic (exact) mass is 559 g/mol. The average molecular weight is 560 g/mol. The SMILES string of the molecule is CC(C)=CCc1cc(C(=O)NC2=Cc3ccc(OC4CCN(C)CC4)c(C)c3OC2)ccc1OC1CCN(C)CC1. The summed E-state index contributed by atoms with van der Waals surface area (Å²) in [4.78, 5) is 18.0. The number of allylic oxidation sites excluding steroid dienone is 2. The highest BCUT2D eigenvalue weighted by atomic mass is 16.5. The van der Waals surface area contributed by atoms with Gasteiger partial charge in [0.05, 0.1) is 5.70 Å². The first-order chi connectivity index (χ1) is 19.7. The van der Waals surface area contributed by atoms with Crippen LogP contribution in [-0.4, -0.2) is 74.8 Å². The molecule has 2 fully saturated rings. The predicted molar refractivity (Wildman–Crippen MR) is 164 cm³/mol. The maximum Gasteiger partial charge on any atom is 0.255 e. The number of hydrogen-bond acceptors (Lipinski definition) is 6. The minimum Gasteiger partial charge on any atom is -0.490 e. The number of fused-ring (bicyclic) bond motifs is 1. The molecule has 41 heavy (non-hydrogen) atoms. The molecule has 0 radical (unpaired) electrons. The van der Waals surface area contributed by atoms with E-state index < -0.39 is 0 Å². The van der Waals surface area contributed by atoms with Crippen molar-refractivity contribution in [1.29, 1.82) is 0 Å². The molecule has 220 valence electrons. The zero-order valence-electron chi connectivity index (χ0n) is 25.3. The summed E-state index contributed by atoms with van der Waals surface area (Å²) in [5.41, 5.74) is 5.58. The first-order valence-electron chi connectivity index (χ1n) is 15.0. The Balaban J connectivity index is 1.27. The van der Waals surface area contributed by atoms with Gasteiger partial charge in [-0.2, -0.15) is 0 Å². The molecular weight excluding hydrogens is 514 g/mol. The van der Waals surface area contributed by atoms with Crippen LogP contribution in [0.15, 0.2) is 47.7 Å². The quantitative estimate of drug-likeness (QED) is 0.424. The van der Waals surface area contributed by atoms with Crippen molar-refractivity contribution < 1.29 is 19.0 Å². The van der Waals surface area contributed by atoms with Crippen LogP contribution in [0.3, 0.4) is 0 Å². The second kappa shape index (κ2) is 13.1. The molecule has 3 aliphatic rings. The van der Waals surface area contributed by atoms with E-state index in [-0.39, 0.29) is 18.1 Å². The van der Waals surface area contributed by atoms with Crippen molar-refractivity contribution in [1.82, 2.24) is 15.1 Å². The van der Waals surface area contributed by atoms with Crippen LogP contribution in [-0.2, 0) is 6.42 Å². The highest BCUT2D eigenvalue weighted by molar-refractivity contribution is 5.96. The van der Waals surface area contributed by atoms with Gasteiger partial charge >= 0.3 is 0 Å².